The van der Waals surface area contributed by atoms with E-state index in [1.165, 1.54) is 29.9 Å². The van der Waals surface area contributed by atoms with Gasteiger partial charge in [0.05, 0.1) is 76.2 Å². The molecule has 2 aromatic carbocycles. The molecule has 6 aromatic rings. The zero-order chi connectivity index (χ0) is 47.0. The van der Waals surface area contributed by atoms with E-state index in [1.807, 2.05) is 12.1 Å². The number of aromatic nitrogens is 8. The van der Waals surface area contributed by atoms with E-state index in [0.717, 1.165) is 0 Å². The van der Waals surface area contributed by atoms with E-state index in [4.69, 9.17) is 38.3 Å². The van der Waals surface area contributed by atoms with Crippen LogP contribution in [-0.2, 0) is 36.7 Å². The molecule has 2 fully saturated rings. The number of carbonyl (C=O) groups is 2. The zero-order valence-corrected chi connectivity index (χ0v) is 37.0. The highest BCUT2D eigenvalue weighted by Crippen LogP contribution is 2.49. The molecule has 6 N–H and O–H groups in total. The third-order valence-electron chi connectivity index (χ3n) is 10.4. The van der Waals surface area contributed by atoms with E-state index in [1.54, 1.807) is 65.2 Å². The monoisotopic (exact) mass is 956 g/mol. The molecule has 8 rings (SSSR count). The Bertz CT molecular complexity index is 2900. The third-order valence-corrected chi connectivity index (χ3v) is 13.1. The second-order valence-electron chi connectivity index (χ2n) is 14.8. The standard InChI is InChI=1S/C40H42N14O11P2/c41-15-7-17-60-66(43,58)62-20-28-30(33(55)40(65-28)54-24-49-32-35(45-22-47-37(32)54)51-39(57)26-11-5-2-6-12-26)52-67(59,61-18-8-16-42)63-19-27-13-14-29(64-27)53-23-48-31-34(44-21-46-36(31)53)50-38(56)25-9-3-1-4-10-25/h1-6,9-12,21-24,27-30,33,40,55H,7-8,13-14,17-20H2,(H2,43,58)(H,52,59)(H,44,46,50,56)(H,45,47,51,57)/t27-,28+,29+,30+,33+,40+,66?,67?/m0/s1. The highest BCUT2D eigenvalue weighted by Gasteiger charge is 2.49. The van der Waals surface area contributed by atoms with Crippen LogP contribution >= 0.6 is 15.5 Å². The molecule has 6 heterocycles. The molecule has 8 atom stereocenters. The first kappa shape index (κ1) is 47.1. The summed E-state index contributed by atoms with van der Waals surface area (Å²) >= 11 is 0. The molecule has 27 heteroatoms. The maximum Gasteiger partial charge on any atom is 0.406 e. The Morgan fingerprint density at radius 1 is 0.746 bits per heavy atom. The Labute approximate surface area is 380 Å². The lowest BCUT2D eigenvalue weighted by Crippen LogP contribution is -2.45. The van der Waals surface area contributed by atoms with Crippen molar-refractivity contribution in [3.05, 3.63) is 97.1 Å². The van der Waals surface area contributed by atoms with Crippen LogP contribution in [0.1, 0.15) is 58.9 Å². The minimum absolute atomic E-state index is 0.0602. The predicted octanol–water partition coefficient (Wildman–Crippen LogP) is 4.13. The molecule has 2 unspecified atom stereocenters. The van der Waals surface area contributed by atoms with Gasteiger partial charge < -0.3 is 25.2 Å². The number of imidazole rings is 2. The number of nitrogens with zero attached hydrogens (tertiary/aromatic N) is 10. The fourth-order valence-corrected chi connectivity index (χ4v) is 9.61. The van der Waals surface area contributed by atoms with Crippen LogP contribution in [0.2, 0.25) is 0 Å². The number of nitrogens with two attached hydrogens (primary N) is 1. The molecule has 25 nitrogen and oxygen atoms in total. The number of amides is 2. The van der Waals surface area contributed by atoms with Crippen LogP contribution < -0.4 is 21.2 Å². The SMILES string of the molecule is N#CCCOP(N)(=O)OC[C@H]1O[C@@H](n2cnc3c(NC(=O)c4ccccc4)ncnc32)[C@H](O)[C@@H]1NP(=O)(OCCC#N)OC[C@@H]1CC[C@H](n2cnc3c(NC(=O)c4ccccc4)ncnc32)O1. The molecule has 0 bridgehead atoms. The van der Waals surface area contributed by atoms with Crippen molar-refractivity contribution in [1.82, 2.24) is 44.1 Å². The number of benzene rings is 2. The molecule has 67 heavy (non-hydrogen) atoms. The number of anilines is 2. The summed E-state index contributed by atoms with van der Waals surface area (Å²) in [5, 5.41) is 38.4. The van der Waals surface area contributed by atoms with Gasteiger partial charge in [-0.05, 0) is 37.1 Å². The molecule has 0 aliphatic carbocycles. The lowest BCUT2D eigenvalue weighted by molar-refractivity contribution is -0.0473. The van der Waals surface area contributed by atoms with Gasteiger partial charge in [-0.3, -0.25) is 36.8 Å². The Balaban J connectivity index is 0.993. The van der Waals surface area contributed by atoms with Crippen LogP contribution in [0, 0.1) is 22.7 Å². The van der Waals surface area contributed by atoms with E-state index >= 15 is 0 Å². The van der Waals surface area contributed by atoms with Crippen LogP contribution in [-0.4, -0.2) is 107 Å². The summed E-state index contributed by atoms with van der Waals surface area (Å²) in [6.45, 7) is -1.56. The van der Waals surface area contributed by atoms with Crippen LogP contribution in [0.4, 0.5) is 11.6 Å². The number of rotatable bonds is 20. The van der Waals surface area contributed by atoms with Crippen molar-refractivity contribution in [2.24, 2.45) is 5.50 Å². The molecule has 0 radical (unpaired) electrons. The molecule has 4 aromatic heterocycles. The van der Waals surface area contributed by atoms with Gasteiger partial charge in [0.15, 0.2) is 40.2 Å². The number of nitriles is 2. The average molecular weight is 957 g/mol. The number of hydrogen-bond donors (Lipinski definition) is 5. The van der Waals surface area contributed by atoms with Crippen molar-refractivity contribution < 1.29 is 51.4 Å². The fraction of sp³-hybridized carbons (Fsp3) is 0.350. The van der Waals surface area contributed by atoms with Crippen molar-refractivity contribution in [3.8, 4) is 12.1 Å². The Kier molecular flexibility index (Phi) is 14.8. The van der Waals surface area contributed by atoms with E-state index < -0.39 is 64.8 Å². The number of carbonyl (C=O) groups excluding carboxylic acids is 2. The second-order valence-corrected chi connectivity index (χ2v) is 18.2. The number of ether oxygens (including phenoxy) is 2. The first-order chi connectivity index (χ1) is 32.5. The van der Waals surface area contributed by atoms with Crippen molar-refractivity contribution >= 4 is 61.3 Å². The Hall–Kier alpha value is -6.44. The minimum atomic E-state index is -4.50. The number of fused-ring (bicyclic) bond motifs is 2. The molecular formula is C40H42N14O11P2. The summed E-state index contributed by atoms with van der Waals surface area (Å²) in [6, 6.07) is 19.4. The van der Waals surface area contributed by atoms with Gasteiger partial charge in [0.2, 0.25) is 0 Å². The van der Waals surface area contributed by atoms with Crippen LogP contribution in [0.15, 0.2) is 86.0 Å². The lowest BCUT2D eigenvalue weighted by atomic mass is 10.1. The summed E-state index contributed by atoms with van der Waals surface area (Å²) in [6.07, 6.45) is 0.276. The van der Waals surface area contributed by atoms with Gasteiger partial charge in [-0.15, -0.1) is 0 Å². The van der Waals surface area contributed by atoms with E-state index in [9.17, 15) is 29.1 Å². The van der Waals surface area contributed by atoms with Gasteiger partial charge in [-0.1, -0.05) is 36.4 Å². The van der Waals surface area contributed by atoms with Crippen molar-refractivity contribution in [3.63, 3.8) is 0 Å². The maximum atomic E-state index is 14.6. The quantitative estimate of drug-likeness (QED) is 0.0530. The number of nitrogens with one attached hydrogen (secondary N) is 3. The van der Waals surface area contributed by atoms with Gasteiger partial charge in [0.25, 0.3) is 11.8 Å². The summed E-state index contributed by atoms with van der Waals surface area (Å²) in [7, 11) is -8.79. The molecule has 2 saturated heterocycles. The topological polar surface area (TPSA) is 341 Å². The maximum absolute atomic E-state index is 14.6. The van der Waals surface area contributed by atoms with E-state index in [0.29, 0.717) is 35.1 Å². The highest BCUT2D eigenvalue weighted by atomic mass is 31.2. The van der Waals surface area contributed by atoms with Gasteiger partial charge in [0.1, 0.15) is 31.1 Å². The van der Waals surface area contributed by atoms with Crippen LogP contribution in [0.25, 0.3) is 22.3 Å². The van der Waals surface area contributed by atoms with E-state index in [2.05, 4.69) is 45.6 Å². The first-order valence-electron chi connectivity index (χ1n) is 20.6. The van der Waals surface area contributed by atoms with E-state index in [-0.39, 0.29) is 61.4 Å². The number of hydrogen-bond acceptors (Lipinski definition) is 19. The third kappa shape index (κ3) is 11.1. The highest BCUT2D eigenvalue weighted by molar-refractivity contribution is 7.51. The van der Waals surface area contributed by atoms with Crippen molar-refractivity contribution in [1.29, 1.82) is 10.5 Å². The fourth-order valence-electron chi connectivity index (χ4n) is 7.23. The normalized spacial score (nSPS) is 22.1. The Morgan fingerprint density at radius 3 is 1.91 bits per heavy atom. The molecular weight excluding hydrogens is 914 g/mol. The summed E-state index contributed by atoms with van der Waals surface area (Å²) < 4.78 is 65.3. The van der Waals surface area contributed by atoms with Crippen LogP contribution in [0.3, 0.4) is 0 Å². The number of aliphatic hydroxyl groups is 1. The molecule has 348 valence electrons. The Morgan fingerprint density at radius 2 is 1.31 bits per heavy atom. The summed E-state index contributed by atoms with van der Waals surface area (Å²) in [5.74, 6) is -0.582. The second kappa shape index (κ2) is 21.0. The van der Waals surface area contributed by atoms with Crippen molar-refractivity contribution in [2.75, 3.05) is 37.1 Å². The molecule has 0 spiro atoms. The average Bonchev–Trinajstić information content (AvgIpc) is 4.15. The van der Waals surface area contributed by atoms with Crippen LogP contribution in [0.5, 0.6) is 0 Å². The van der Waals surface area contributed by atoms with Gasteiger partial charge in [0, 0.05) is 11.1 Å². The summed E-state index contributed by atoms with van der Waals surface area (Å²) in [5.41, 5.74) is 7.55. The predicted molar refractivity (Wildman–Crippen MR) is 233 cm³/mol. The van der Waals surface area contributed by atoms with Gasteiger partial charge >= 0.3 is 15.5 Å². The molecule has 2 aliphatic heterocycles. The summed E-state index contributed by atoms with van der Waals surface area (Å²) in [4.78, 5) is 51.8. The van der Waals surface area contributed by atoms with Gasteiger partial charge in [-0.25, -0.2) is 49.6 Å². The first-order valence-corrected chi connectivity index (χ1v) is 23.8. The van der Waals surface area contributed by atoms with Gasteiger partial charge in [-0.2, -0.15) is 10.5 Å². The lowest BCUT2D eigenvalue weighted by Gasteiger charge is -2.28. The molecule has 0 saturated carbocycles. The minimum Gasteiger partial charge on any atom is -0.387 e. The largest absolute Gasteiger partial charge is 0.406 e. The number of aliphatic hydroxyl groups excluding tert-OH is 1. The zero-order valence-electron chi connectivity index (χ0n) is 35.2. The smallest absolute Gasteiger partial charge is 0.387 e. The molecule has 2 amide bonds. The molecule has 2 aliphatic rings. The van der Waals surface area contributed by atoms with Crippen molar-refractivity contribution in [2.45, 2.75) is 62.5 Å².